The van der Waals surface area contributed by atoms with Crippen LogP contribution in [-0.4, -0.2) is 47.8 Å². The van der Waals surface area contributed by atoms with E-state index in [9.17, 15) is 9.59 Å². The van der Waals surface area contributed by atoms with Crippen LogP contribution in [0, 0.1) is 31.1 Å². The lowest BCUT2D eigenvalue weighted by Crippen LogP contribution is -2.43. The normalized spacial score (nSPS) is 13.1. The molecular formula is C32H49N5O3. The Morgan fingerprint density at radius 2 is 1.75 bits per heavy atom. The summed E-state index contributed by atoms with van der Waals surface area (Å²) in [6, 6.07) is 9.63. The zero-order chi connectivity index (χ0) is 30.5. The molecular weight excluding hydrogens is 502 g/mol. The van der Waals surface area contributed by atoms with Gasteiger partial charge in [0.15, 0.2) is 0 Å². The number of aryl methyl sites for hydroxylation is 1. The van der Waals surface area contributed by atoms with E-state index in [-0.39, 0.29) is 18.4 Å². The highest BCUT2D eigenvalue weighted by Gasteiger charge is 2.21. The first kappa shape index (κ1) is 36.1. The molecule has 8 heteroatoms. The number of carbonyl (C=O) groups excluding carboxylic acids is 2. The zero-order valence-corrected chi connectivity index (χ0v) is 25.4. The maximum atomic E-state index is 12.2. The van der Waals surface area contributed by atoms with Gasteiger partial charge in [-0.1, -0.05) is 40.5 Å². The van der Waals surface area contributed by atoms with Gasteiger partial charge in [0.25, 0.3) is 0 Å². The van der Waals surface area contributed by atoms with Gasteiger partial charge in [-0.2, -0.15) is 5.26 Å². The topological polar surface area (TPSA) is 116 Å². The number of furan rings is 1. The number of anilines is 1. The molecule has 1 aromatic heterocycles. The number of terminal acetylenes is 1. The van der Waals surface area contributed by atoms with Crippen molar-refractivity contribution in [1.29, 1.82) is 5.26 Å². The number of nitriles is 1. The minimum Gasteiger partial charge on any atom is -0.461 e. The van der Waals surface area contributed by atoms with Gasteiger partial charge < -0.3 is 25.3 Å². The summed E-state index contributed by atoms with van der Waals surface area (Å²) >= 11 is 0. The lowest BCUT2D eigenvalue weighted by Gasteiger charge is -2.26. The van der Waals surface area contributed by atoms with E-state index >= 15 is 0 Å². The number of benzene rings is 1. The van der Waals surface area contributed by atoms with Crippen molar-refractivity contribution in [2.75, 3.05) is 31.5 Å². The minimum absolute atomic E-state index is 0.106. The minimum atomic E-state index is 0.106. The van der Waals surface area contributed by atoms with Gasteiger partial charge in [0.1, 0.15) is 17.2 Å². The number of carbonyl (C=O) groups is 2. The molecule has 0 unspecified atom stereocenters. The lowest BCUT2D eigenvalue weighted by atomic mass is 10.2. The van der Waals surface area contributed by atoms with Gasteiger partial charge in [-0.25, -0.2) is 0 Å². The van der Waals surface area contributed by atoms with Crippen molar-refractivity contribution in [3.05, 3.63) is 41.4 Å². The molecule has 0 aliphatic carbocycles. The van der Waals surface area contributed by atoms with Crippen LogP contribution >= 0.6 is 0 Å². The quantitative estimate of drug-likeness (QED) is 0.283. The van der Waals surface area contributed by atoms with Crippen LogP contribution in [0.5, 0.6) is 0 Å². The van der Waals surface area contributed by atoms with E-state index in [2.05, 4.69) is 45.9 Å². The number of nitrogens with two attached hydrogens (primary N) is 1. The Morgan fingerprint density at radius 3 is 2.33 bits per heavy atom. The van der Waals surface area contributed by atoms with Crippen molar-refractivity contribution in [3.8, 4) is 18.9 Å². The summed E-state index contributed by atoms with van der Waals surface area (Å²) in [5.74, 6) is 1.49. The third-order valence-electron chi connectivity index (χ3n) is 5.83. The summed E-state index contributed by atoms with van der Waals surface area (Å²) in [5, 5.41) is 12.7. The first-order valence-corrected chi connectivity index (χ1v) is 14.2. The second-order valence-corrected chi connectivity index (χ2v) is 9.60. The Balaban J connectivity index is 0.000000656. The number of amides is 2. The van der Waals surface area contributed by atoms with Crippen molar-refractivity contribution in [3.63, 3.8) is 0 Å². The lowest BCUT2D eigenvalue weighted by molar-refractivity contribution is -0.140. The van der Waals surface area contributed by atoms with Crippen LogP contribution in [0.3, 0.4) is 0 Å². The van der Waals surface area contributed by atoms with Crippen molar-refractivity contribution < 1.29 is 14.0 Å². The monoisotopic (exact) mass is 551 g/mol. The average molecular weight is 552 g/mol. The van der Waals surface area contributed by atoms with Crippen LogP contribution < -0.4 is 11.1 Å². The number of hydrogen-bond acceptors (Lipinski definition) is 6. The first-order valence-electron chi connectivity index (χ1n) is 14.2. The molecule has 2 amide bonds. The predicted octanol–water partition coefficient (Wildman–Crippen LogP) is 6.57. The molecule has 1 aliphatic heterocycles. The molecule has 2 heterocycles. The van der Waals surface area contributed by atoms with Crippen molar-refractivity contribution >= 4 is 28.5 Å². The summed E-state index contributed by atoms with van der Waals surface area (Å²) < 4.78 is 5.47. The highest BCUT2D eigenvalue weighted by molar-refractivity contribution is 5.85. The van der Waals surface area contributed by atoms with Crippen LogP contribution in [0.2, 0.25) is 0 Å². The second kappa shape index (κ2) is 21.0. The molecule has 1 fully saturated rings. The fraction of sp³-hybridized carbons (Fsp3) is 0.531. The molecule has 1 aliphatic rings. The third kappa shape index (κ3) is 13.2. The molecule has 0 radical (unpaired) electrons. The Morgan fingerprint density at radius 1 is 1.12 bits per heavy atom. The molecule has 1 saturated heterocycles. The van der Waals surface area contributed by atoms with Gasteiger partial charge in [-0.05, 0) is 63.8 Å². The second-order valence-electron chi connectivity index (χ2n) is 9.60. The molecule has 3 rings (SSSR count). The van der Waals surface area contributed by atoms with Crippen LogP contribution in [0.1, 0.15) is 85.3 Å². The van der Waals surface area contributed by atoms with E-state index in [1.54, 1.807) is 11.8 Å². The molecule has 3 N–H and O–H groups in total. The van der Waals surface area contributed by atoms with E-state index in [4.69, 9.17) is 15.4 Å². The largest absolute Gasteiger partial charge is 0.461 e. The van der Waals surface area contributed by atoms with Gasteiger partial charge in [0.2, 0.25) is 11.8 Å². The van der Waals surface area contributed by atoms with Gasteiger partial charge in [0, 0.05) is 37.1 Å². The SMILES string of the molecule is C#C.C/C(C#N)=C(\N)Nc1ccc2oc(C)cc2c1.CCC.CCCN(CCC)C(=O)CN1CCCCCC1=O. The molecule has 8 nitrogen and oxygen atoms in total. The summed E-state index contributed by atoms with van der Waals surface area (Å²) in [5.41, 5.74) is 7.88. The summed E-state index contributed by atoms with van der Waals surface area (Å²) in [6.07, 6.45) is 14.9. The average Bonchev–Trinajstić information content (AvgIpc) is 3.20. The van der Waals surface area contributed by atoms with Crippen LogP contribution in [0.15, 0.2) is 40.1 Å². The molecule has 40 heavy (non-hydrogen) atoms. The summed E-state index contributed by atoms with van der Waals surface area (Å²) in [7, 11) is 0. The number of likely N-dealkylation sites (tertiary alicyclic amines) is 1. The summed E-state index contributed by atoms with van der Waals surface area (Å²) in [6.45, 7) is 14.6. The van der Waals surface area contributed by atoms with Gasteiger partial charge in [0.05, 0.1) is 18.2 Å². The molecule has 0 saturated carbocycles. The van der Waals surface area contributed by atoms with Gasteiger partial charge in [-0.15, -0.1) is 12.8 Å². The zero-order valence-electron chi connectivity index (χ0n) is 25.4. The number of rotatable bonds is 8. The van der Waals surface area contributed by atoms with E-state index in [0.717, 1.165) is 74.2 Å². The molecule has 0 spiro atoms. The Bertz CT molecular complexity index is 1120. The van der Waals surface area contributed by atoms with E-state index < -0.39 is 0 Å². The fourth-order valence-electron chi connectivity index (χ4n) is 3.93. The molecule has 0 atom stereocenters. The predicted molar refractivity (Wildman–Crippen MR) is 165 cm³/mol. The third-order valence-corrected chi connectivity index (χ3v) is 5.83. The summed E-state index contributed by atoms with van der Waals surface area (Å²) in [4.78, 5) is 27.7. The number of hydrogen-bond donors (Lipinski definition) is 2. The fourth-order valence-corrected chi connectivity index (χ4v) is 3.93. The maximum Gasteiger partial charge on any atom is 0.242 e. The highest BCUT2D eigenvalue weighted by Crippen LogP contribution is 2.23. The number of allylic oxidation sites excluding steroid dienone is 1. The maximum absolute atomic E-state index is 12.2. The number of fused-ring (bicyclic) bond motifs is 1. The van der Waals surface area contributed by atoms with Gasteiger partial charge in [-0.3, -0.25) is 9.59 Å². The molecule has 2 aromatic rings. The van der Waals surface area contributed by atoms with Crippen molar-refractivity contribution in [1.82, 2.24) is 9.80 Å². The van der Waals surface area contributed by atoms with Crippen LogP contribution in [0.4, 0.5) is 5.69 Å². The van der Waals surface area contributed by atoms with Crippen molar-refractivity contribution in [2.45, 2.75) is 86.5 Å². The van der Waals surface area contributed by atoms with E-state index in [0.29, 0.717) is 17.8 Å². The number of nitrogens with zero attached hydrogens (tertiary/aromatic N) is 3. The Labute approximate surface area is 241 Å². The standard InChI is InChI=1S/C14H26N2O2.C13H13N3O.C3H8.C2H2/c1-3-9-15(10-4-2)14(18)12-16-11-7-5-6-8-13(16)17;1-8(7-14)13(15)16-11-3-4-12-10(6-11)5-9(2)17-12;1-3-2;1-2/h3-12H2,1-2H3;3-6,16H,15H2,1-2H3;3H2,1-2H3;1-2H/b;13-8-;;. The van der Waals surface area contributed by atoms with Crippen LogP contribution in [0.25, 0.3) is 11.0 Å². The smallest absolute Gasteiger partial charge is 0.242 e. The molecule has 220 valence electrons. The Kier molecular flexibility index (Phi) is 18.9. The van der Waals surface area contributed by atoms with E-state index in [1.807, 2.05) is 42.2 Å². The molecule has 1 aromatic carbocycles. The first-order chi connectivity index (χ1) is 19.2. The number of nitrogens with one attached hydrogen (secondary N) is 1. The van der Waals surface area contributed by atoms with Crippen LogP contribution in [-0.2, 0) is 9.59 Å². The molecule has 0 bridgehead atoms. The Hall–Kier alpha value is -3.91. The van der Waals surface area contributed by atoms with E-state index in [1.165, 1.54) is 6.42 Å². The van der Waals surface area contributed by atoms with Crippen molar-refractivity contribution in [2.24, 2.45) is 5.73 Å². The van der Waals surface area contributed by atoms with Gasteiger partial charge >= 0.3 is 0 Å². The highest BCUT2D eigenvalue weighted by atomic mass is 16.3.